The second-order valence-corrected chi connectivity index (χ2v) is 4.47. The van der Waals surface area contributed by atoms with Crippen LogP contribution in [0.3, 0.4) is 0 Å². The fourth-order valence-corrected chi connectivity index (χ4v) is 1.48. The number of alkyl halides is 3. The monoisotopic (exact) mass is 337 g/mol. The van der Waals surface area contributed by atoms with Crippen LogP contribution in [0.4, 0.5) is 23.8 Å². The van der Waals surface area contributed by atoms with Crippen LogP contribution in [0.1, 0.15) is 12.5 Å². The highest BCUT2D eigenvalue weighted by Crippen LogP contribution is 2.25. The molecule has 0 atom stereocenters. The molecule has 0 aromatic carbocycles. The van der Waals surface area contributed by atoms with Crippen LogP contribution in [-0.4, -0.2) is 35.6 Å². The van der Waals surface area contributed by atoms with E-state index in [0.29, 0.717) is 5.56 Å². The summed E-state index contributed by atoms with van der Waals surface area (Å²) in [7, 11) is 0. The fraction of sp³-hybridized carbons (Fsp3) is 0.417. The lowest BCUT2D eigenvalue weighted by atomic mass is 10.3. The number of aryl methyl sites for hydroxylation is 1. The first-order valence-electron chi connectivity index (χ1n) is 6.12. The van der Waals surface area contributed by atoms with E-state index in [2.05, 4.69) is 25.1 Å². The average molecular weight is 337 g/mol. The number of carbonyl (C=O) groups is 1. The van der Waals surface area contributed by atoms with Gasteiger partial charge in [0.25, 0.3) is 0 Å². The van der Waals surface area contributed by atoms with E-state index in [0.717, 1.165) is 0 Å². The number of rotatable bonds is 4. The molecule has 0 radical (unpaired) electrons. The van der Waals surface area contributed by atoms with Crippen molar-refractivity contribution in [2.45, 2.75) is 20.0 Å². The van der Waals surface area contributed by atoms with E-state index in [1.165, 1.54) is 12.3 Å². The fourth-order valence-electron chi connectivity index (χ4n) is 1.30. The van der Waals surface area contributed by atoms with Crippen LogP contribution in [0.25, 0.3) is 0 Å². The molecular formula is C12H14F3N3O3S. The van der Waals surface area contributed by atoms with Gasteiger partial charge in [-0.3, -0.25) is 5.32 Å². The summed E-state index contributed by atoms with van der Waals surface area (Å²) in [4.78, 5) is 15.1. The summed E-state index contributed by atoms with van der Waals surface area (Å²) in [5.41, 5.74) is 0.604. The molecule has 1 amide bonds. The molecular weight excluding hydrogens is 323 g/mol. The lowest BCUT2D eigenvalue weighted by molar-refractivity contribution is -0.153. The summed E-state index contributed by atoms with van der Waals surface area (Å²) >= 11 is 4.84. The highest BCUT2D eigenvalue weighted by Gasteiger charge is 2.29. The third-order valence-corrected chi connectivity index (χ3v) is 2.31. The van der Waals surface area contributed by atoms with Gasteiger partial charge in [0.1, 0.15) is 0 Å². The molecule has 1 heterocycles. The largest absolute Gasteiger partial charge is 0.480 e. The Morgan fingerprint density at radius 2 is 2.14 bits per heavy atom. The third kappa shape index (κ3) is 6.57. The molecule has 6 nitrogen and oxygen atoms in total. The topological polar surface area (TPSA) is 72.5 Å². The van der Waals surface area contributed by atoms with Gasteiger partial charge < -0.3 is 14.8 Å². The van der Waals surface area contributed by atoms with Crippen molar-refractivity contribution < 1.29 is 27.4 Å². The van der Waals surface area contributed by atoms with Gasteiger partial charge in [-0.1, -0.05) is 0 Å². The summed E-state index contributed by atoms with van der Waals surface area (Å²) in [5.74, 6) is -0.179. The molecule has 0 aliphatic carbocycles. The van der Waals surface area contributed by atoms with Gasteiger partial charge in [0, 0.05) is 6.20 Å². The molecule has 1 aromatic heterocycles. The standard InChI is InChI=1S/C12H14F3N3O3S/c1-3-20-11(19)18-10(22)17-9-8(4-7(2)5-16-9)21-6-12(13,14)15/h4-5H,3,6H2,1-2H3,(H2,16,17,18,19,22). The van der Waals surface area contributed by atoms with Crippen molar-refractivity contribution in [2.24, 2.45) is 0 Å². The molecule has 2 N–H and O–H groups in total. The maximum absolute atomic E-state index is 12.2. The van der Waals surface area contributed by atoms with Crippen molar-refractivity contribution in [3.8, 4) is 5.75 Å². The van der Waals surface area contributed by atoms with Crippen LogP contribution in [-0.2, 0) is 4.74 Å². The zero-order valence-corrected chi connectivity index (χ0v) is 12.6. The van der Waals surface area contributed by atoms with Crippen LogP contribution >= 0.6 is 12.2 Å². The molecule has 1 aromatic rings. The Kier molecular flexibility index (Phi) is 6.35. The van der Waals surface area contributed by atoms with Gasteiger partial charge in [-0.2, -0.15) is 13.2 Å². The second kappa shape index (κ2) is 7.78. The van der Waals surface area contributed by atoms with Crippen molar-refractivity contribution in [1.82, 2.24) is 10.3 Å². The van der Waals surface area contributed by atoms with Crippen molar-refractivity contribution in [1.29, 1.82) is 0 Å². The first kappa shape index (κ1) is 18.0. The maximum atomic E-state index is 12.2. The van der Waals surface area contributed by atoms with Crippen LogP contribution in [0.2, 0.25) is 0 Å². The second-order valence-electron chi connectivity index (χ2n) is 4.06. The molecule has 22 heavy (non-hydrogen) atoms. The first-order chi connectivity index (χ1) is 10.2. The van der Waals surface area contributed by atoms with E-state index < -0.39 is 18.9 Å². The van der Waals surface area contributed by atoms with Crippen LogP contribution in [0, 0.1) is 6.92 Å². The van der Waals surface area contributed by atoms with E-state index >= 15 is 0 Å². The predicted molar refractivity (Wildman–Crippen MR) is 76.9 cm³/mol. The molecule has 122 valence electrons. The zero-order valence-electron chi connectivity index (χ0n) is 11.8. The number of nitrogens with one attached hydrogen (secondary N) is 2. The van der Waals surface area contributed by atoms with E-state index in [9.17, 15) is 18.0 Å². The Morgan fingerprint density at radius 1 is 1.45 bits per heavy atom. The summed E-state index contributed by atoms with van der Waals surface area (Å²) in [5, 5.41) is 4.49. The van der Waals surface area contributed by atoms with Gasteiger partial charge in [0.05, 0.1) is 6.61 Å². The number of pyridine rings is 1. The number of thiocarbonyl (C=S) groups is 1. The minimum absolute atomic E-state index is 0.0448. The lowest BCUT2D eigenvalue weighted by Crippen LogP contribution is -2.35. The molecule has 10 heteroatoms. The summed E-state index contributed by atoms with van der Waals surface area (Å²) < 4.78 is 46.0. The number of anilines is 1. The van der Waals surface area contributed by atoms with Crippen molar-refractivity contribution in [3.63, 3.8) is 0 Å². The summed E-state index contributed by atoms with van der Waals surface area (Å²) in [6.45, 7) is 1.94. The van der Waals surface area contributed by atoms with Gasteiger partial charge in [0.15, 0.2) is 23.3 Å². The molecule has 1 rings (SSSR count). The van der Waals surface area contributed by atoms with E-state index in [-0.39, 0.29) is 23.3 Å². The van der Waals surface area contributed by atoms with Crippen LogP contribution in [0.15, 0.2) is 12.3 Å². The first-order valence-corrected chi connectivity index (χ1v) is 6.53. The Bertz CT molecular complexity index is 552. The molecule has 0 spiro atoms. The number of nitrogens with zero attached hydrogens (tertiary/aromatic N) is 1. The third-order valence-electron chi connectivity index (χ3n) is 2.10. The summed E-state index contributed by atoms with van der Waals surface area (Å²) in [6, 6.07) is 1.37. The van der Waals surface area contributed by atoms with E-state index in [4.69, 9.17) is 12.2 Å². The number of ether oxygens (including phenoxy) is 2. The number of hydrogen-bond acceptors (Lipinski definition) is 5. The van der Waals surface area contributed by atoms with Crippen LogP contribution < -0.4 is 15.4 Å². The summed E-state index contributed by atoms with van der Waals surface area (Å²) in [6.07, 6.45) is -3.86. The maximum Gasteiger partial charge on any atom is 0.422 e. The number of hydrogen-bond donors (Lipinski definition) is 2. The highest BCUT2D eigenvalue weighted by molar-refractivity contribution is 7.80. The number of halogens is 3. The lowest BCUT2D eigenvalue weighted by Gasteiger charge is -2.14. The normalized spacial score (nSPS) is 10.8. The molecule has 0 saturated heterocycles. The number of carbonyl (C=O) groups excluding carboxylic acids is 1. The quantitative estimate of drug-likeness (QED) is 0.823. The molecule has 0 aliphatic rings. The van der Waals surface area contributed by atoms with E-state index in [1.807, 2.05) is 0 Å². The SMILES string of the molecule is CCOC(=O)NC(=S)Nc1ncc(C)cc1OCC(F)(F)F. The highest BCUT2D eigenvalue weighted by atomic mass is 32.1. The zero-order chi connectivity index (χ0) is 16.8. The van der Waals surface area contributed by atoms with Gasteiger partial charge in [-0.05, 0) is 37.7 Å². The van der Waals surface area contributed by atoms with Crippen molar-refractivity contribution in [2.75, 3.05) is 18.5 Å². The Balaban J connectivity index is 2.77. The Labute approximate surface area is 130 Å². The smallest absolute Gasteiger partial charge is 0.422 e. The molecule has 0 bridgehead atoms. The number of amides is 1. The van der Waals surface area contributed by atoms with E-state index in [1.54, 1.807) is 13.8 Å². The number of alkyl carbamates (subject to hydrolysis) is 1. The molecule has 0 fully saturated rings. The Hall–Kier alpha value is -2.10. The number of aromatic nitrogens is 1. The minimum atomic E-state index is -4.48. The average Bonchev–Trinajstić information content (AvgIpc) is 2.38. The predicted octanol–water partition coefficient (Wildman–Crippen LogP) is 2.77. The Morgan fingerprint density at radius 3 is 2.73 bits per heavy atom. The van der Waals surface area contributed by atoms with Gasteiger partial charge in [0.2, 0.25) is 0 Å². The van der Waals surface area contributed by atoms with Crippen molar-refractivity contribution >= 4 is 29.2 Å². The molecule has 0 saturated carbocycles. The van der Waals surface area contributed by atoms with Gasteiger partial charge in [-0.25, -0.2) is 9.78 Å². The minimum Gasteiger partial charge on any atom is -0.480 e. The molecule has 0 aliphatic heterocycles. The van der Waals surface area contributed by atoms with Crippen LogP contribution in [0.5, 0.6) is 5.75 Å². The van der Waals surface area contributed by atoms with Gasteiger partial charge >= 0.3 is 12.3 Å². The van der Waals surface area contributed by atoms with Crippen molar-refractivity contribution in [3.05, 3.63) is 17.8 Å². The molecule has 0 unspecified atom stereocenters. The van der Waals surface area contributed by atoms with Gasteiger partial charge in [-0.15, -0.1) is 0 Å².